The van der Waals surface area contributed by atoms with Crippen LogP contribution in [0.1, 0.15) is 19.4 Å². The summed E-state index contributed by atoms with van der Waals surface area (Å²) in [6, 6.07) is 5.39. The van der Waals surface area contributed by atoms with Crippen LogP contribution in [-0.4, -0.2) is 33.0 Å². The second-order valence-electron chi connectivity index (χ2n) is 4.61. The highest BCUT2D eigenvalue weighted by Gasteiger charge is 2.34. The van der Waals surface area contributed by atoms with Gasteiger partial charge in [-0.1, -0.05) is 13.8 Å². The van der Waals surface area contributed by atoms with E-state index >= 15 is 0 Å². The van der Waals surface area contributed by atoms with Gasteiger partial charge in [-0.2, -0.15) is 0 Å². The third-order valence-electron chi connectivity index (χ3n) is 3.17. The van der Waals surface area contributed by atoms with Gasteiger partial charge in [0, 0.05) is 13.2 Å². The van der Waals surface area contributed by atoms with E-state index in [2.05, 4.69) is 0 Å². The molecule has 4 nitrogen and oxygen atoms in total. The molecular formula is C14H22O4. The minimum absolute atomic E-state index is 0.00858. The second kappa shape index (κ2) is 6.07. The maximum atomic E-state index is 10.8. The van der Waals surface area contributed by atoms with E-state index < -0.39 is 5.60 Å². The van der Waals surface area contributed by atoms with E-state index in [0.29, 0.717) is 11.5 Å². The Morgan fingerprint density at radius 1 is 1.06 bits per heavy atom. The van der Waals surface area contributed by atoms with E-state index in [4.69, 9.17) is 14.2 Å². The van der Waals surface area contributed by atoms with Gasteiger partial charge in [-0.15, -0.1) is 0 Å². The molecule has 1 rings (SSSR count). The Balaban J connectivity index is 3.27. The average Bonchev–Trinajstić information content (AvgIpc) is 2.37. The molecule has 0 amide bonds. The van der Waals surface area contributed by atoms with Crippen molar-refractivity contribution in [3.05, 3.63) is 23.8 Å². The Kier molecular flexibility index (Phi) is 4.99. The first kappa shape index (κ1) is 14.8. The summed E-state index contributed by atoms with van der Waals surface area (Å²) in [5.41, 5.74) is -0.327. The van der Waals surface area contributed by atoms with Gasteiger partial charge in [0.05, 0.1) is 20.8 Å². The number of aliphatic hydroxyl groups is 1. The summed E-state index contributed by atoms with van der Waals surface area (Å²) < 4.78 is 15.6. The van der Waals surface area contributed by atoms with Gasteiger partial charge in [-0.25, -0.2) is 0 Å². The first-order chi connectivity index (χ1) is 8.47. The molecule has 4 heteroatoms. The summed E-state index contributed by atoms with van der Waals surface area (Å²) in [4.78, 5) is 0. The number of ether oxygens (including phenoxy) is 3. The molecule has 0 fully saturated rings. The van der Waals surface area contributed by atoms with Crippen LogP contribution in [-0.2, 0) is 10.3 Å². The molecule has 0 radical (unpaired) electrons. The standard InChI is InChI=1S/C14H22O4/c1-10(2)14(15,9-16-3)11-6-12(17-4)8-13(7-11)18-5/h6-8,10,15H,9H2,1-5H3. The fourth-order valence-corrected chi connectivity index (χ4v) is 1.86. The summed E-state index contributed by atoms with van der Waals surface area (Å²) in [7, 11) is 4.75. The number of benzene rings is 1. The lowest BCUT2D eigenvalue weighted by atomic mass is 9.84. The fraction of sp³-hybridized carbons (Fsp3) is 0.571. The molecule has 0 saturated heterocycles. The van der Waals surface area contributed by atoms with Gasteiger partial charge in [0.25, 0.3) is 0 Å². The predicted octanol–water partition coefficient (Wildman–Crippen LogP) is 2.19. The highest BCUT2D eigenvalue weighted by Crippen LogP contribution is 2.34. The lowest BCUT2D eigenvalue weighted by Crippen LogP contribution is -2.36. The minimum Gasteiger partial charge on any atom is -0.497 e. The van der Waals surface area contributed by atoms with Crippen molar-refractivity contribution < 1.29 is 19.3 Å². The summed E-state index contributed by atoms with van der Waals surface area (Å²) in [6.07, 6.45) is 0. The molecule has 1 N–H and O–H groups in total. The molecular weight excluding hydrogens is 232 g/mol. The van der Waals surface area contributed by atoms with Gasteiger partial charge >= 0.3 is 0 Å². The smallest absolute Gasteiger partial charge is 0.122 e. The lowest BCUT2D eigenvalue weighted by molar-refractivity contribution is -0.0702. The maximum Gasteiger partial charge on any atom is 0.122 e. The topological polar surface area (TPSA) is 47.9 Å². The number of methoxy groups -OCH3 is 3. The quantitative estimate of drug-likeness (QED) is 0.845. The van der Waals surface area contributed by atoms with Gasteiger partial charge in [0.1, 0.15) is 17.1 Å². The van der Waals surface area contributed by atoms with Crippen LogP contribution >= 0.6 is 0 Å². The summed E-state index contributed by atoms with van der Waals surface area (Å²) in [6.45, 7) is 4.12. The van der Waals surface area contributed by atoms with E-state index in [0.717, 1.165) is 5.56 Å². The number of hydrogen-bond acceptors (Lipinski definition) is 4. The van der Waals surface area contributed by atoms with Gasteiger partial charge in [0.2, 0.25) is 0 Å². The van der Waals surface area contributed by atoms with Crippen molar-refractivity contribution in [3.8, 4) is 11.5 Å². The molecule has 0 aliphatic heterocycles. The first-order valence-electron chi connectivity index (χ1n) is 5.92. The van der Waals surface area contributed by atoms with Gasteiger partial charge in [-0.05, 0) is 23.6 Å². The van der Waals surface area contributed by atoms with Crippen molar-refractivity contribution in [1.82, 2.24) is 0 Å². The Morgan fingerprint density at radius 3 is 1.89 bits per heavy atom. The molecule has 1 unspecified atom stereocenters. The number of rotatable bonds is 6. The van der Waals surface area contributed by atoms with Crippen LogP contribution in [0.15, 0.2) is 18.2 Å². The predicted molar refractivity (Wildman–Crippen MR) is 70.2 cm³/mol. The van der Waals surface area contributed by atoms with E-state index in [-0.39, 0.29) is 12.5 Å². The lowest BCUT2D eigenvalue weighted by Gasteiger charge is -2.32. The summed E-state index contributed by atoms with van der Waals surface area (Å²) in [5.74, 6) is 1.31. The van der Waals surface area contributed by atoms with Crippen molar-refractivity contribution in [2.45, 2.75) is 19.4 Å². The minimum atomic E-state index is -1.06. The maximum absolute atomic E-state index is 10.8. The SMILES string of the molecule is COCC(O)(c1cc(OC)cc(OC)c1)C(C)C. The molecule has 0 spiro atoms. The molecule has 1 aromatic rings. The van der Waals surface area contributed by atoms with E-state index in [1.54, 1.807) is 27.4 Å². The Labute approximate surface area is 108 Å². The van der Waals surface area contributed by atoms with Crippen molar-refractivity contribution in [1.29, 1.82) is 0 Å². The molecule has 102 valence electrons. The van der Waals surface area contributed by atoms with Crippen molar-refractivity contribution in [2.75, 3.05) is 27.9 Å². The largest absolute Gasteiger partial charge is 0.497 e. The van der Waals surface area contributed by atoms with E-state index in [9.17, 15) is 5.11 Å². The van der Waals surface area contributed by atoms with Gasteiger partial charge in [0.15, 0.2) is 0 Å². The molecule has 1 aromatic carbocycles. The zero-order chi connectivity index (χ0) is 13.8. The molecule has 0 heterocycles. The van der Waals surface area contributed by atoms with Crippen LogP contribution < -0.4 is 9.47 Å². The van der Waals surface area contributed by atoms with Crippen LogP contribution in [0.5, 0.6) is 11.5 Å². The molecule has 0 aromatic heterocycles. The molecule has 1 atom stereocenters. The molecule has 0 aliphatic carbocycles. The second-order valence-corrected chi connectivity index (χ2v) is 4.61. The third kappa shape index (κ3) is 2.94. The van der Waals surface area contributed by atoms with Crippen LogP contribution in [0.3, 0.4) is 0 Å². The third-order valence-corrected chi connectivity index (χ3v) is 3.17. The fourth-order valence-electron chi connectivity index (χ4n) is 1.86. The average molecular weight is 254 g/mol. The monoisotopic (exact) mass is 254 g/mol. The highest BCUT2D eigenvalue weighted by molar-refractivity contribution is 5.41. The van der Waals surface area contributed by atoms with Gasteiger partial charge in [-0.3, -0.25) is 0 Å². The molecule has 0 aliphatic rings. The van der Waals surface area contributed by atoms with Crippen LogP contribution in [0.25, 0.3) is 0 Å². The summed E-state index contributed by atoms with van der Waals surface area (Å²) >= 11 is 0. The Hall–Kier alpha value is -1.26. The molecule has 0 bridgehead atoms. The van der Waals surface area contributed by atoms with Crippen LogP contribution in [0.4, 0.5) is 0 Å². The number of hydrogen-bond donors (Lipinski definition) is 1. The Bertz CT molecular complexity index is 367. The zero-order valence-electron chi connectivity index (χ0n) is 11.7. The van der Waals surface area contributed by atoms with Crippen molar-refractivity contribution >= 4 is 0 Å². The highest BCUT2D eigenvalue weighted by atomic mass is 16.5. The van der Waals surface area contributed by atoms with E-state index in [1.807, 2.05) is 26.0 Å². The normalized spacial score (nSPS) is 14.4. The molecule has 18 heavy (non-hydrogen) atoms. The molecule has 0 saturated carbocycles. The van der Waals surface area contributed by atoms with Crippen LogP contribution in [0, 0.1) is 5.92 Å². The van der Waals surface area contributed by atoms with E-state index in [1.165, 1.54) is 0 Å². The first-order valence-corrected chi connectivity index (χ1v) is 5.92. The van der Waals surface area contributed by atoms with Crippen molar-refractivity contribution in [3.63, 3.8) is 0 Å². The van der Waals surface area contributed by atoms with Crippen LogP contribution in [0.2, 0.25) is 0 Å². The van der Waals surface area contributed by atoms with Gasteiger partial charge < -0.3 is 19.3 Å². The van der Waals surface area contributed by atoms with Crippen molar-refractivity contribution in [2.24, 2.45) is 5.92 Å². The summed E-state index contributed by atoms with van der Waals surface area (Å²) in [5, 5.41) is 10.8. The zero-order valence-corrected chi connectivity index (χ0v) is 11.7. The Morgan fingerprint density at radius 2 is 1.56 bits per heavy atom.